The van der Waals surface area contributed by atoms with Gasteiger partial charge < -0.3 is 19.7 Å². The van der Waals surface area contributed by atoms with E-state index in [-0.39, 0.29) is 5.60 Å². The van der Waals surface area contributed by atoms with E-state index >= 15 is 0 Å². The van der Waals surface area contributed by atoms with Crippen molar-refractivity contribution in [3.8, 4) is 0 Å². The molecule has 118 valence electrons. The van der Waals surface area contributed by atoms with E-state index in [9.17, 15) is 0 Å². The number of methoxy groups -OCH3 is 2. The molecule has 1 atom stereocenters. The first-order valence-electron chi connectivity index (χ1n) is 7.76. The van der Waals surface area contributed by atoms with Crippen molar-refractivity contribution in [1.82, 2.24) is 5.32 Å². The third-order valence-corrected chi connectivity index (χ3v) is 4.28. The molecule has 1 aliphatic heterocycles. The second-order valence-corrected chi connectivity index (χ2v) is 5.98. The largest absolute Gasteiger partial charge is 0.383 e. The summed E-state index contributed by atoms with van der Waals surface area (Å²) in [5.41, 5.74) is 2.63. The Morgan fingerprint density at radius 3 is 2.86 bits per heavy atom. The van der Waals surface area contributed by atoms with Gasteiger partial charge in [-0.3, -0.25) is 0 Å². The van der Waals surface area contributed by atoms with Crippen molar-refractivity contribution in [2.45, 2.75) is 31.9 Å². The number of para-hydroxylation sites is 1. The van der Waals surface area contributed by atoms with Crippen molar-refractivity contribution in [3.05, 3.63) is 29.8 Å². The summed E-state index contributed by atoms with van der Waals surface area (Å²) in [7, 11) is 3.55. The fourth-order valence-electron chi connectivity index (χ4n) is 2.94. The molecule has 0 aromatic heterocycles. The van der Waals surface area contributed by atoms with Gasteiger partial charge in [-0.05, 0) is 31.4 Å². The summed E-state index contributed by atoms with van der Waals surface area (Å²) in [6.45, 7) is 6.76. The smallest absolute Gasteiger partial charge is 0.0825 e. The minimum Gasteiger partial charge on any atom is -0.383 e. The molecular weight excluding hydrogens is 264 g/mol. The zero-order valence-electron chi connectivity index (χ0n) is 13.5. The van der Waals surface area contributed by atoms with E-state index < -0.39 is 0 Å². The maximum absolute atomic E-state index is 5.71. The van der Waals surface area contributed by atoms with Gasteiger partial charge in [-0.25, -0.2) is 0 Å². The van der Waals surface area contributed by atoms with Crippen LogP contribution in [0.2, 0.25) is 0 Å². The van der Waals surface area contributed by atoms with E-state index in [0.29, 0.717) is 0 Å². The third kappa shape index (κ3) is 4.43. The minimum atomic E-state index is -0.0329. The number of piperidine rings is 1. The van der Waals surface area contributed by atoms with E-state index in [1.807, 2.05) is 7.11 Å². The third-order valence-electron chi connectivity index (χ3n) is 4.28. The van der Waals surface area contributed by atoms with Crippen LogP contribution in [0.5, 0.6) is 0 Å². The average Bonchev–Trinajstić information content (AvgIpc) is 2.52. The Labute approximate surface area is 128 Å². The van der Waals surface area contributed by atoms with Gasteiger partial charge in [-0.1, -0.05) is 18.2 Å². The van der Waals surface area contributed by atoms with Crippen LogP contribution in [-0.4, -0.2) is 46.1 Å². The molecule has 1 aromatic carbocycles. The summed E-state index contributed by atoms with van der Waals surface area (Å²) in [6, 6.07) is 8.64. The summed E-state index contributed by atoms with van der Waals surface area (Å²) in [5.74, 6) is 0. The molecule has 1 fully saturated rings. The Morgan fingerprint density at radius 1 is 1.29 bits per heavy atom. The summed E-state index contributed by atoms with van der Waals surface area (Å²) in [4.78, 5) is 2.46. The molecule has 1 aliphatic rings. The average molecular weight is 292 g/mol. The van der Waals surface area contributed by atoms with E-state index in [4.69, 9.17) is 9.47 Å². The first-order valence-corrected chi connectivity index (χ1v) is 7.76. The topological polar surface area (TPSA) is 33.7 Å². The predicted molar refractivity (Wildman–Crippen MR) is 86.9 cm³/mol. The van der Waals surface area contributed by atoms with Crippen LogP contribution < -0.4 is 10.2 Å². The van der Waals surface area contributed by atoms with Gasteiger partial charge in [0.05, 0.1) is 12.2 Å². The number of nitrogens with one attached hydrogen (secondary N) is 1. The molecule has 21 heavy (non-hydrogen) atoms. The first-order chi connectivity index (χ1) is 10.2. The molecule has 0 aliphatic carbocycles. The Kier molecular flexibility index (Phi) is 6.03. The van der Waals surface area contributed by atoms with Gasteiger partial charge in [0.1, 0.15) is 0 Å². The summed E-state index contributed by atoms with van der Waals surface area (Å²) in [5, 5.41) is 3.43. The molecule has 1 N–H and O–H groups in total. The van der Waals surface area contributed by atoms with Gasteiger partial charge in [0.15, 0.2) is 0 Å². The lowest BCUT2D eigenvalue weighted by atomic mass is 9.94. The summed E-state index contributed by atoms with van der Waals surface area (Å²) in [6.07, 6.45) is 2.31. The van der Waals surface area contributed by atoms with Crippen molar-refractivity contribution in [2.75, 3.05) is 45.4 Å². The van der Waals surface area contributed by atoms with Crippen molar-refractivity contribution < 1.29 is 9.47 Å². The fourth-order valence-corrected chi connectivity index (χ4v) is 2.94. The molecule has 1 saturated heterocycles. The molecule has 4 heteroatoms. The SMILES string of the molecule is COCCNCc1ccccc1N1CCCC(C)(OC)C1. The van der Waals surface area contributed by atoms with Gasteiger partial charge in [0.2, 0.25) is 0 Å². The van der Waals surface area contributed by atoms with E-state index in [1.54, 1.807) is 7.11 Å². The molecule has 4 nitrogen and oxygen atoms in total. The van der Waals surface area contributed by atoms with Gasteiger partial charge in [-0.15, -0.1) is 0 Å². The van der Waals surface area contributed by atoms with Crippen molar-refractivity contribution in [1.29, 1.82) is 0 Å². The number of benzene rings is 1. The summed E-state index contributed by atoms with van der Waals surface area (Å²) < 4.78 is 10.8. The molecule has 0 amide bonds. The summed E-state index contributed by atoms with van der Waals surface area (Å²) >= 11 is 0. The monoisotopic (exact) mass is 292 g/mol. The maximum Gasteiger partial charge on any atom is 0.0825 e. The molecule has 2 rings (SSSR count). The Bertz CT molecular complexity index is 439. The number of hydrogen-bond acceptors (Lipinski definition) is 4. The van der Waals surface area contributed by atoms with Gasteiger partial charge >= 0.3 is 0 Å². The molecule has 1 unspecified atom stereocenters. The Hall–Kier alpha value is -1.10. The van der Waals surface area contributed by atoms with Crippen LogP contribution in [0.15, 0.2) is 24.3 Å². The minimum absolute atomic E-state index is 0.0329. The molecule has 0 saturated carbocycles. The first kappa shape index (κ1) is 16.3. The molecule has 1 heterocycles. The van der Waals surface area contributed by atoms with Crippen LogP contribution in [-0.2, 0) is 16.0 Å². The van der Waals surface area contributed by atoms with Crippen molar-refractivity contribution in [2.24, 2.45) is 0 Å². The van der Waals surface area contributed by atoms with Crippen LogP contribution in [0.25, 0.3) is 0 Å². The zero-order chi connectivity index (χ0) is 15.1. The number of anilines is 1. The van der Waals surface area contributed by atoms with Crippen molar-refractivity contribution >= 4 is 5.69 Å². The predicted octanol–water partition coefficient (Wildman–Crippen LogP) is 2.43. The second kappa shape index (κ2) is 7.78. The number of nitrogens with zero attached hydrogens (tertiary/aromatic N) is 1. The molecular formula is C17H28N2O2. The second-order valence-electron chi connectivity index (χ2n) is 5.98. The van der Waals surface area contributed by atoms with E-state index in [0.717, 1.165) is 39.2 Å². The van der Waals surface area contributed by atoms with E-state index in [1.165, 1.54) is 17.7 Å². The maximum atomic E-state index is 5.71. The van der Waals surface area contributed by atoms with E-state index in [2.05, 4.69) is 41.4 Å². The van der Waals surface area contributed by atoms with Crippen LogP contribution in [0.4, 0.5) is 5.69 Å². The number of hydrogen-bond donors (Lipinski definition) is 1. The molecule has 0 spiro atoms. The lowest BCUT2D eigenvalue weighted by Gasteiger charge is -2.41. The van der Waals surface area contributed by atoms with Crippen LogP contribution in [0.1, 0.15) is 25.3 Å². The van der Waals surface area contributed by atoms with Gasteiger partial charge in [-0.2, -0.15) is 0 Å². The molecule has 1 aromatic rings. The standard InChI is InChI=1S/C17H28N2O2/c1-17(21-3)9-6-11-19(14-17)16-8-5-4-7-15(16)13-18-10-12-20-2/h4-5,7-8,18H,6,9-14H2,1-3H3. The normalized spacial score (nSPS) is 22.5. The fraction of sp³-hybridized carbons (Fsp3) is 0.647. The number of rotatable bonds is 7. The van der Waals surface area contributed by atoms with Gasteiger partial charge in [0, 0.05) is 46.1 Å². The highest BCUT2D eigenvalue weighted by Gasteiger charge is 2.31. The molecule has 0 bridgehead atoms. The highest BCUT2D eigenvalue weighted by Crippen LogP contribution is 2.30. The zero-order valence-corrected chi connectivity index (χ0v) is 13.5. The van der Waals surface area contributed by atoms with Crippen LogP contribution >= 0.6 is 0 Å². The highest BCUT2D eigenvalue weighted by atomic mass is 16.5. The Morgan fingerprint density at radius 2 is 2.10 bits per heavy atom. The Balaban J connectivity index is 2.04. The van der Waals surface area contributed by atoms with Gasteiger partial charge in [0.25, 0.3) is 0 Å². The van der Waals surface area contributed by atoms with Crippen LogP contribution in [0, 0.1) is 0 Å². The lowest BCUT2D eigenvalue weighted by molar-refractivity contribution is -0.00468. The highest BCUT2D eigenvalue weighted by molar-refractivity contribution is 5.54. The van der Waals surface area contributed by atoms with Crippen molar-refractivity contribution in [3.63, 3.8) is 0 Å². The molecule has 0 radical (unpaired) electrons. The van der Waals surface area contributed by atoms with Crippen LogP contribution in [0.3, 0.4) is 0 Å². The lowest BCUT2D eigenvalue weighted by Crippen LogP contribution is -2.47. The number of ether oxygens (including phenoxy) is 2. The quantitative estimate of drug-likeness (QED) is 0.783.